The minimum atomic E-state index is -3.41. The van der Waals surface area contributed by atoms with Crippen molar-refractivity contribution in [2.75, 3.05) is 14.2 Å². The summed E-state index contributed by atoms with van der Waals surface area (Å²) < 4.78 is 24.9. The fourth-order valence-electron chi connectivity index (χ4n) is 0.366. The van der Waals surface area contributed by atoms with Crippen molar-refractivity contribution < 1.29 is 18.1 Å². The molecule has 72 valence electrons. The summed E-state index contributed by atoms with van der Waals surface area (Å²) in [4.78, 5) is 0. The molecule has 0 spiro atoms. The summed E-state index contributed by atoms with van der Waals surface area (Å²) in [5, 5.41) is 0.448. The van der Waals surface area contributed by atoms with Crippen LogP contribution in [0.4, 0.5) is 0 Å². The molecular weight excluding hydrogens is 202 g/mol. The van der Waals surface area contributed by atoms with Crippen molar-refractivity contribution in [1.82, 2.24) is 0 Å². The van der Waals surface area contributed by atoms with E-state index in [1.54, 1.807) is 0 Å². The first kappa shape index (κ1) is 12.0. The van der Waals surface area contributed by atoms with E-state index in [9.17, 15) is 4.57 Å². The van der Waals surface area contributed by atoms with Crippen LogP contribution in [0, 0.1) is 0 Å². The van der Waals surface area contributed by atoms with Crippen LogP contribution in [0.25, 0.3) is 0 Å². The van der Waals surface area contributed by atoms with Crippen LogP contribution in [0.15, 0.2) is 11.3 Å². The molecule has 0 radical (unpaired) electrons. The van der Waals surface area contributed by atoms with Crippen molar-refractivity contribution in [3.05, 3.63) is 11.3 Å². The van der Waals surface area contributed by atoms with Crippen LogP contribution in [0.1, 0.15) is 13.3 Å². The quantitative estimate of drug-likeness (QED) is 0.521. The molecule has 0 saturated carbocycles. The highest BCUT2D eigenvalue weighted by molar-refractivity contribution is 7.48. The normalized spacial score (nSPS) is 13.2. The summed E-state index contributed by atoms with van der Waals surface area (Å²) in [6.07, 6.45) is 1.77. The Morgan fingerprint density at radius 3 is 2.33 bits per heavy atom. The second-order valence-corrected chi connectivity index (χ2v) is 4.16. The molecule has 0 amide bonds. The van der Waals surface area contributed by atoms with Gasteiger partial charge in [-0.2, -0.15) is 0 Å². The third kappa shape index (κ3) is 4.12. The maximum Gasteiger partial charge on any atom is 0.528 e. The zero-order chi connectivity index (χ0) is 9.61. The molecule has 0 heterocycles. The Labute approximate surface area is 77.1 Å². The van der Waals surface area contributed by atoms with Crippen molar-refractivity contribution >= 4 is 19.4 Å². The molecule has 0 aromatic heterocycles. The highest BCUT2D eigenvalue weighted by Crippen LogP contribution is 2.48. The molecule has 0 unspecified atom stereocenters. The lowest BCUT2D eigenvalue weighted by molar-refractivity contribution is 0.193. The van der Waals surface area contributed by atoms with Gasteiger partial charge < -0.3 is 4.52 Å². The molecule has 0 aliphatic carbocycles. The summed E-state index contributed by atoms with van der Waals surface area (Å²) in [7, 11) is -0.941. The highest BCUT2D eigenvalue weighted by Gasteiger charge is 2.22. The highest BCUT2D eigenvalue weighted by atomic mass is 35.5. The van der Waals surface area contributed by atoms with Gasteiger partial charge in [-0.05, 0) is 6.42 Å². The minimum Gasteiger partial charge on any atom is -0.411 e. The number of phosphoric acid groups is 1. The average Bonchev–Trinajstić information content (AvgIpc) is 2.13. The molecule has 0 N–H and O–H groups in total. The van der Waals surface area contributed by atoms with Crippen LogP contribution in [-0.2, 0) is 18.1 Å². The zero-order valence-electron chi connectivity index (χ0n) is 7.24. The summed E-state index contributed by atoms with van der Waals surface area (Å²) in [6, 6.07) is 0. The van der Waals surface area contributed by atoms with Gasteiger partial charge in [-0.25, -0.2) is 4.57 Å². The summed E-state index contributed by atoms with van der Waals surface area (Å²) in [5.41, 5.74) is 0. The van der Waals surface area contributed by atoms with Gasteiger partial charge in [0, 0.05) is 14.2 Å². The van der Waals surface area contributed by atoms with Crippen LogP contribution in [-0.4, -0.2) is 14.2 Å². The van der Waals surface area contributed by atoms with Crippen molar-refractivity contribution in [2.45, 2.75) is 13.3 Å². The van der Waals surface area contributed by atoms with Crippen molar-refractivity contribution in [2.24, 2.45) is 0 Å². The van der Waals surface area contributed by atoms with Gasteiger partial charge in [0.15, 0.2) is 0 Å². The van der Waals surface area contributed by atoms with E-state index in [1.165, 1.54) is 14.2 Å². The van der Waals surface area contributed by atoms with Gasteiger partial charge in [0.2, 0.25) is 0 Å². The monoisotopic (exact) mass is 214 g/mol. The second-order valence-electron chi connectivity index (χ2n) is 1.84. The van der Waals surface area contributed by atoms with Gasteiger partial charge in [0.05, 0.1) is 5.03 Å². The molecule has 12 heavy (non-hydrogen) atoms. The molecule has 0 rings (SSSR count). The second kappa shape index (κ2) is 5.60. The number of rotatable bonds is 5. The lowest BCUT2D eigenvalue weighted by Gasteiger charge is -2.10. The Balaban J connectivity index is 4.14. The molecule has 0 atom stereocenters. The molecule has 0 aliphatic rings. The van der Waals surface area contributed by atoms with Crippen LogP contribution < -0.4 is 0 Å². The maximum absolute atomic E-state index is 11.2. The minimum absolute atomic E-state index is 0.448. The molecule has 0 aliphatic heterocycles. The van der Waals surface area contributed by atoms with E-state index in [4.69, 9.17) is 16.1 Å². The standard InChI is InChI=1S/C6H12ClO4P/c1-4-6(7)5-11-12(8,9-2)10-3/h5H,4H2,1-3H3. The van der Waals surface area contributed by atoms with Crippen LogP contribution in [0.3, 0.4) is 0 Å². The molecule has 0 aromatic carbocycles. The Kier molecular flexibility index (Phi) is 5.59. The van der Waals surface area contributed by atoms with Crippen LogP contribution in [0.2, 0.25) is 0 Å². The first-order chi connectivity index (χ1) is 5.58. The predicted molar refractivity (Wildman–Crippen MR) is 46.9 cm³/mol. The molecular formula is C6H12ClO4P. The van der Waals surface area contributed by atoms with Crippen molar-refractivity contribution in [3.8, 4) is 0 Å². The summed E-state index contributed by atoms with van der Waals surface area (Å²) >= 11 is 5.59. The predicted octanol–water partition coefficient (Wildman–Crippen LogP) is 2.89. The Bertz CT molecular complexity index is 196. The molecule has 4 nitrogen and oxygen atoms in total. The molecule has 0 saturated heterocycles. The Morgan fingerprint density at radius 1 is 1.50 bits per heavy atom. The van der Waals surface area contributed by atoms with Gasteiger partial charge in [-0.15, -0.1) is 0 Å². The first-order valence-corrected chi connectivity index (χ1v) is 5.16. The van der Waals surface area contributed by atoms with Gasteiger partial charge in [0.1, 0.15) is 6.26 Å². The zero-order valence-corrected chi connectivity index (χ0v) is 8.89. The van der Waals surface area contributed by atoms with Crippen molar-refractivity contribution in [1.29, 1.82) is 0 Å². The SMILES string of the molecule is CCC(Cl)=COP(=O)(OC)OC. The summed E-state index contributed by atoms with van der Waals surface area (Å²) in [6.45, 7) is 1.84. The number of phosphoric ester groups is 1. The van der Waals surface area contributed by atoms with Crippen molar-refractivity contribution in [3.63, 3.8) is 0 Å². The molecule has 0 fully saturated rings. The maximum atomic E-state index is 11.2. The van der Waals surface area contributed by atoms with E-state index < -0.39 is 7.82 Å². The average molecular weight is 215 g/mol. The summed E-state index contributed by atoms with van der Waals surface area (Å²) in [5.74, 6) is 0. The van der Waals surface area contributed by atoms with Gasteiger partial charge in [0.25, 0.3) is 0 Å². The van der Waals surface area contributed by atoms with E-state index >= 15 is 0 Å². The number of allylic oxidation sites excluding steroid dienone is 1. The van der Waals surface area contributed by atoms with E-state index in [-0.39, 0.29) is 0 Å². The number of halogens is 1. The van der Waals surface area contributed by atoms with Crippen LogP contribution >= 0.6 is 19.4 Å². The van der Waals surface area contributed by atoms with E-state index in [0.717, 1.165) is 6.26 Å². The van der Waals surface area contributed by atoms with E-state index in [0.29, 0.717) is 11.5 Å². The van der Waals surface area contributed by atoms with Gasteiger partial charge >= 0.3 is 7.82 Å². The fourth-order valence-corrected chi connectivity index (χ4v) is 1.05. The largest absolute Gasteiger partial charge is 0.528 e. The number of hydrogen-bond donors (Lipinski definition) is 0. The van der Waals surface area contributed by atoms with Gasteiger partial charge in [-0.1, -0.05) is 18.5 Å². The third-order valence-electron chi connectivity index (χ3n) is 1.09. The molecule has 6 heteroatoms. The lowest BCUT2D eigenvalue weighted by Crippen LogP contribution is -1.89. The van der Waals surface area contributed by atoms with E-state index in [2.05, 4.69) is 9.05 Å². The lowest BCUT2D eigenvalue weighted by atomic mass is 10.5. The molecule has 0 aromatic rings. The first-order valence-electron chi connectivity index (χ1n) is 3.32. The van der Waals surface area contributed by atoms with Gasteiger partial charge in [-0.3, -0.25) is 9.05 Å². The molecule has 0 bridgehead atoms. The number of hydrogen-bond acceptors (Lipinski definition) is 4. The smallest absolute Gasteiger partial charge is 0.411 e. The topological polar surface area (TPSA) is 44.8 Å². The van der Waals surface area contributed by atoms with Crippen LogP contribution in [0.5, 0.6) is 0 Å². The third-order valence-corrected chi connectivity index (χ3v) is 2.71. The fraction of sp³-hybridized carbons (Fsp3) is 0.667. The van der Waals surface area contributed by atoms with E-state index in [1.807, 2.05) is 6.92 Å². The Morgan fingerprint density at radius 2 is 2.00 bits per heavy atom. The Hall–Kier alpha value is -0.0200.